The number of hydrogen-bond acceptors (Lipinski definition) is 1. The van der Waals surface area contributed by atoms with Crippen LogP contribution in [0.15, 0.2) is 49.0 Å². The highest BCUT2D eigenvalue weighted by Gasteiger charge is 2.08. The van der Waals surface area contributed by atoms with Crippen molar-refractivity contribution in [3.8, 4) is 0 Å². The van der Waals surface area contributed by atoms with Gasteiger partial charge in [-0.2, -0.15) is 0 Å². The van der Waals surface area contributed by atoms with Crippen LogP contribution in [0.3, 0.4) is 0 Å². The molecule has 1 N–H and O–H groups in total. The average molecular weight is 294 g/mol. The molecular formula is C20H22O2. The number of benzene rings is 2. The molecule has 0 unspecified atom stereocenters. The minimum atomic E-state index is -0.883. The normalized spacial score (nSPS) is 10.5. The zero-order valence-electron chi connectivity index (χ0n) is 13.2. The Balaban J connectivity index is 2.16. The van der Waals surface area contributed by atoms with Crippen LogP contribution in [0.2, 0.25) is 0 Å². The van der Waals surface area contributed by atoms with Crippen LogP contribution >= 0.6 is 0 Å². The van der Waals surface area contributed by atoms with Crippen molar-refractivity contribution in [3.63, 3.8) is 0 Å². The van der Waals surface area contributed by atoms with Gasteiger partial charge in [0.15, 0.2) is 0 Å². The molecule has 2 heteroatoms. The number of hydrogen-bond donors (Lipinski definition) is 1. The van der Waals surface area contributed by atoms with Crippen molar-refractivity contribution >= 4 is 11.5 Å². The molecule has 2 nitrogen and oxygen atoms in total. The van der Waals surface area contributed by atoms with Crippen LogP contribution in [0.25, 0.3) is 5.57 Å². The number of carboxylic acids is 1. The van der Waals surface area contributed by atoms with Gasteiger partial charge in [0.05, 0.1) is 5.56 Å². The zero-order chi connectivity index (χ0) is 16.1. The van der Waals surface area contributed by atoms with Gasteiger partial charge in [-0.1, -0.05) is 43.8 Å². The lowest BCUT2D eigenvalue weighted by Crippen LogP contribution is -2.00. The van der Waals surface area contributed by atoms with E-state index in [9.17, 15) is 4.79 Å². The van der Waals surface area contributed by atoms with Crippen LogP contribution in [0.4, 0.5) is 0 Å². The van der Waals surface area contributed by atoms with E-state index in [2.05, 4.69) is 38.6 Å². The fraction of sp³-hybridized carbons (Fsp3) is 0.250. The van der Waals surface area contributed by atoms with Gasteiger partial charge >= 0.3 is 5.97 Å². The second kappa shape index (κ2) is 7.08. The number of allylic oxidation sites excluding steroid dienone is 1. The van der Waals surface area contributed by atoms with Crippen molar-refractivity contribution in [3.05, 3.63) is 76.9 Å². The molecule has 22 heavy (non-hydrogen) atoms. The van der Waals surface area contributed by atoms with Crippen molar-refractivity contribution in [1.82, 2.24) is 0 Å². The van der Waals surface area contributed by atoms with Crippen LogP contribution in [-0.4, -0.2) is 11.1 Å². The zero-order valence-corrected chi connectivity index (χ0v) is 13.2. The standard InChI is InChI=1S/C20H22O2/c1-4-14(2)19-15(3)6-5-7-17(19)11-8-16-9-12-18(13-10-16)20(21)22/h5-7,9-10,12-13H,2,4,8,11H2,1,3H3,(H,21,22). The predicted molar refractivity (Wildman–Crippen MR) is 91.3 cm³/mol. The Bertz CT molecular complexity index is 681. The summed E-state index contributed by atoms with van der Waals surface area (Å²) in [6.07, 6.45) is 2.78. The Labute approximate surface area is 132 Å². The maximum atomic E-state index is 10.9. The highest BCUT2D eigenvalue weighted by molar-refractivity contribution is 5.87. The van der Waals surface area contributed by atoms with Gasteiger partial charge < -0.3 is 5.11 Å². The van der Waals surface area contributed by atoms with Gasteiger partial charge in [-0.25, -0.2) is 4.79 Å². The van der Waals surface area contributed by atoms with E-state index in [1.165, 1.54) is 22.3 Å². The molecular weight excluding hydrogens is 272 g/mol. The fourth-order valence-electron chi connectivity index (χ4n) is 2.71. The van der Waals surface area contributed by atoms with Gasteiger partial charge in [0.25, 0.3) is 0 Å². The molecule has 0 atom stereocenters. The number of aromatic carboxylic acids is 1. The van der Waals surface area contributed by atoms with E-state index >= 15 is 0 Å². The smallest absolute Gasteiger partial charge is 0.335 e. The number of carboxylic acid groups (broad SMARTS) is 1. The Morgan fingerprint density at radius 3 is 2.36 bits per heavy atom. The first kappa shape index (κ1) is 16.0. The monoisotopic (exact) mass is 294 g/mol. The predicted octanol–water partition coefficient (Wildman–Crippen LogP) is 4.90. The van der Waals surface area contributed by atoms with Crippen molar-refractivity contribution in [2.45, 2.75) is 33.1 Å². The number of rotatable bonds is 6. The SMILES string of the molecule is C=C(CC)c1c(C)cccc1CCc1ccc(C(=O)O)cc1. The molecule has 0 aromatic heterocycles. The van der Waals surface area contributed by atoms with E-state index in [-0.39, 0.29) is 0 Å². The van der Waals surface area contributed by atoms with Crippen molar-refractivity contribution in [2.75, 3.05) is 0 Å². The molecule has 0 fully saturated rings. The van der Waals surface area contributed by atoms with E-state index in [1.807, 2.05) is 12.1 Å². The first-order chi connectivity index (χ1) is 10.5. The molecule has 0 heterocycles. The summed E-state index contributed by atoms with van der Waals surface area (Å²) < 4.78 is 0. The van der Waals surface area contributed by atoms with Crippen LogP contribution in [0, 0.1) is 6.92 Å². The number of aryl methyl sites for hydroxylation is 3. The third-order valence-corrected chi connectivity index (χ3v) is 4.02. The average Bonchev–Trinajstić information content (AvgIpc) is 2.52. The van der Waals surface area contributed by atoms with Crippen LogP contribution in [-0.2, 0) is 12.8 Å². The minimum absolute atomic E-state index is 0.333. The second-order valence-electron chi connectivity index (χ2n) is 5.57. The molecule has 0 radical (unpaired) electrons. The van der Waals surface area contributed by atoms with E-state index in [4.69, 9.17) is 5.11 Å². The van der Waals surface area contributed by atoms with E-state index in [0.29, 0.717) is 5.56 Å². The van der Waals surface area contributed by atoms with Gasteiger partial charge in [0.2, 0.25) is 0 Å². The summed E-state index contributed by atoms with van der Waals surface area (Å²) in [6, 6.07) is 13.5. The summed E-state index contributed by atoms with van der Waals surface area (Å²) in [4.78, 5) is 10.9. The van der Waals surface area contributed by atoms with Gasteiger partial charge in [0.1, 0.15) is 0 Å². The Hall–Kier alpha value is -2.35. The highest BCUT2D eigenvalue weighted by atomic mass is 16.4. The van der Waals surface area contributed by atoms with Crippen molar-refractivity contribution in [1.29, 1.82) is 0 Å². The first-order valence-electron chi connectivity index (χ1n) is 7.61. The van der Waals surface area contributed by atoms with Gasteiger partial charge in [0, 0.05) is 0 Å². The van der Waals surface area contributed by atoms with Gasteiger partial charge in [-0.05, 0) is 66.1 Å². The molecule has 0 bridgehead atoms. The molecule has 2 aromatic rings. The lowest BCUT2D eigenvalue weighted by Gasteiger charge is -2.14. The third kappa shape index (κ3) is 3.64. The molecule has 0 spiro atoms. The minimum Gasteiger partial charge on any atom is -0.478 e. The highest BCUT2D eigenvalue weighted by Crippen LogP contribution is 2.25. The molecule has 0 amide bonds. The van der Waals surface area contributed by atoms with E-state index in [1.54, 1.807) is 12.1 Å². The topological polar surface area (TPSA) is 37.3 Å². The largest absolute Gasteiger partial charge is 0.478 e. The molecule has 2 rings (SSSR count). The molecule has 0 saturated heterocycles. The van der Waals surface area contributed by atoms with Crippen molar-refractivity contribution in [2.24, 2.45) is 0 Å². The second-order valence-corrected chi connectivity index (χ2v) is 5.57. The van der Waals surface area contributed by atoms with Crippen molar-refractivity contribution < 1.29 is 9.90 Å². The van der Waals surface area contributed by atoms with Gasteiger partial charge in [-0.15, -0.1) is 0 Å². The fourth-order valence-corrected chi connectivity index (χ4v) is 2.71. The molecule has 0 aliphatic rings. The van der Waals surface area contributed by atoms with E-state index in [0.717, 1.165) is 24.8 Å². The molecule has 2 aromatic carbocycles. The molecule has 114 valence electrons. The molecule has 0 saturated carbocycles. The molecule has 0 aliphatic carbocycles. The maximum absolute atomic E-state index is 10.9. The summed E-state index contributed by atoms with van der Waals surface area (Å²) in [7, 11) is 0. The molecule has 0 aliphatic heterocycles. The van der Waals surface area contributed by atoms with Crippen LogP contribution in [0.5, 0.6) is 0 Å². The Morgan fingerprint density at radius 2 is 1.77 bits per heavy atom. The van der Waals surface area contributed by atoms with Crippen LogP contribution < -0.4 is 0 Å². The lowest BCUT2D eigenvalue weighted by atomic mass is 9.91. The summed E-state index contributed by atoms with van der Waals surface area (Å²) in [5.41, 5.74) is 6.53. The first-order valence-corrected chi connectivity index (χ1v) is 7.61. The lowest BCUT2D eigenvalue weighted by molar-refractivity contribution is 0.0697. The summed E-state index contributed by atoms with van der Waals surface area (Å²) in [5, 5.41) is 8.93. The van der Waals surface area contributed by atoms with Gasteiger partial charge in [-0.3, -0.25) is 0 Å². The Morgan fingerprint density at radius 1 is 1.09 bits per heavy atom. The summed E-state index contributed by atoms with van der Waals surface area (Å²) in [5.74, 6) is -0.883. The quantitative estimate of drug-likeness (QED) is 0.822. The summed E-state index contributed by atoms with van der Waals surface area (Å²) >= 11 is 0. The third-order valence-electron chi connectivity index (χ3n) is 4.02. The van der Waals surface area contributed by atoms with E-state index < -0.39 is 5.97 Å². The maximum Gasteiger partial charge on any atom is 0.335 e. The number of carbonyl (C=O) groups is 1. The summed E-state index contributed by atoms with van der Waals surface area (Å²) in [6.45, 7) is 8.44. The Kier molecular flexibility index (Phi) is 5.16. The van der Waals surface area contributed by atoms with Crippen LogP contribution in [0.1, 0.15) is 46.0 Å².